The van der Waals surface area contributed by atoms with Crippen LogP contribution >= 0.6 is 0 Å². The smallest absolute Gasteiger partial charge is 0.290 e. The van der Waals surface area contributed by atoms with E-state index >= 15 is 0 Å². The van der Waals surface area contributed by atoms with Crippen LogP contribution in [0.4, 0.5) is 0 Å². The molecule has 0 saturated heterocycles. The highest BCUT2D eigenvalue weighted by molar-refractivity contribution is 5.90. The van der Waals surface area contributed by atoms with Gasteiger partial charge in [0, 0.05) is 6.54 Å². The van der Waals surface area contributed by atoms with E-state index in [9.17, 15) is 4.79 Å². The molecule has 0 spiro atoms. The van der Waals surface area contributed by atoms with Crippen LogP contribution in [0, 0.1) is 24.7 Å². The number of amides is 1. The number of nitrogens with one attached hydrogen (secondary N) is 2. The average molecular weight is 234 g/mol. The molecule has 1 amide bonds. The molecule has 2 saturated carbocycles. The van der Waals surface area contributed by atoms with Crippen molar-refractivity contribution < 1.29 is 4.79 Å². The van der Waals surface area contributed by atoms with Gasteiger partial charge in [-0.15, -0.1) is 5.10 Å². The van der Waals surface area contributed by atoms with E-state index in [-0.39, 0.29) is 11.7 Å². The Bertz CT molecular complexity index is 408. The number of carbonyl (C=O) groups is 1. The van der Waals surface area contributed by atoms with E-state index in [4.69, 9.17) is 0 Å². The topological polar surface area (TPSA) is 70.7 Å². The summed E-state index contributed by atoms with van der Waals surface area (Å²) < 4.78 is 0. The predicted octanol–water partition coefficient (Wildman–Crippen LogP) is 1.28. The number of rotatable bonds is 5. The van der Waals surface area contributed by atoms with Gasteiger partial charge in [0.25, 0.3) is 5.91 Å². The highest BCUT2D eigenvalue weighted by Gasteiger charge is 2.41. The fraction of sp³-hybridized carbons (Fsp3) is 0.750. The summed E-state index contributed by atoms with van der Waals surface area (Å²) in [5.41, 5.74) is 0. The van der Waals surface area contributed by atoms with Gasteiger partial charge in [0.15, 0.2) is 0 Å². The molecule has 1 heterocycles. The summed E-state index contributed by atoms with van der Waals surface area (Å²) >= 11 is 0. The zero-order valence-electron chi connectivity index (χ0n) is 10.1. The quantitative estimate of drug-likeness (QED) is 0.806. The van der Waals surface area contributed by atoms with Crippen LogP contribution < -0.4 is 5.32 Å². The van der Waals surface area contributed by atoms with Crippen LogP contribution in [0.15, 0.2) is 0 Å². The van der Waals surface area contributed by atoms with Crippen LogP contribution in [0.2, 0.25) is 0 Å². The molecule has 1 aromatic rings. The Balaban J connectivity index is 1.54. The number of carbonyl (C=O) groups excluding carboxylic acids is 1. The molecule has 2 aliphatic rings. The van der Waals surface area contributed by atoms with Crippen molar-refractivity contribution in [2.45, 2.75) is 32.6 Å². The van der Waals surface area contributed by atoms with Crippen LogP contribution in [-0.2, 0) is 0 Å². The summed E-state index contributed by atoms with van der Waals surface area (Å²) in [5, 5.41) is 9.52. The molecule has 5 heteroatoms. The second kappa shape index (κ2) is 4.13. The molecule has 0 bridgehead atoms. The van der Waals surface area contributed by atoms with E-state index in [0.717, 1.165) is 18.4 Å². The van der Waals surface area contributed by atoms with Gasteiger partial charge in [-0.05, 0) is 50.4 Å². The van der Waals surface area contributed by atoms with Crippen LogP contribution in [-0.4, -0.2) is 27.6 Å². The summed E-state index contributed by atoms with van der Waals surface area (Å²) in [4.78, 5) is 15.8. The molecule has 5 nitrogen and oxygen atoms in total. The van der Waals surface area contributed by atoms with Gasteiger partial charge in [0.05, 0.1) is 0 Å². The SMILES string of the molecule is Cc1nc(C(=O)NCC(C2CC2)C2CC2)n[nH]1. The summed E-state index contributed by atoms with van der Waals surface area (Å²) in [5.74, 6) is 3.19. The fourth-order valence-electron chi connectivity index (χ4n) is 2.50. The van der Waals surface area contributed by atoms with E-state index in [1.807, 2.05) is 0 Å². The first-order chi connectivity index (χ1) is 8.24. The lowest BCUT2D eigenvalue weighted by molar-refractivity contribution is 0.0933. The van der Waals surface area contributed by atoms with Crippen molar-refractivity contribution >= 4 is 5.91 Å². The highest BCUT2D eigenvalue weighted by atomic mass is 16.2. The van der Waals surface area contributed by atoms with E-state index in [1.165, 1.54) is 25.7 Å². The number of aromatic nitrogens is 3. The third-order valence-corrected chi connectivity index (χ3v) is 3.75. The molecule has 2 aliphatic carbocycles. The minimum Gasteiger partial charge on any atom is -0.349 e. The van der Waals surface area contributed by atoms with E-state index < -0.39 is 0 Å². The largest absolute Gasteiger partial charge is 0.349 e. The predicted molar refractivity (Wildman–Crippen MR) is 62.4 cm³/mol. The third-order valence-electron chi connectivity index (χ3n) is 3.75. The molecule has 1 aromatic heterocycles. The van der Waals surface area contributed by atoms with Gasteiger partial charge >= 0.3 is 0 Å². The Kier molecular flexibility index (Phi) is 2.61. The molecule has 0 atom stereocenters. The molecule has 92 valence electrons. The zero-order chi connectivity index (χ0) is 11.8. The summed E-state index contributed by atoms with van der Waals surface area (Å²) in [7, 11) is 0. The Morgan fingerprint density at radius 1 is 1.41 bits per heavy atom. The number of H-pyrrole nitrogens is 1. The van der Waals surface area contributed by atoms with Crippen molar-refractivity contribution in [1.82, 2.24) is 20.5 Å². The van der Waals surface area contributed by atoms with Crippen LogP contribution in [0.25, 0.3) is 0 Å². The third kappa shape index (κ3) is 2.48. The molecular formula is C12H18N4O. The molecule has 0 aliphatic heterocycles. The molecule has 2 fully saturated rings. The summed E-state index contributed by atoms with van der Waals surface area (Å²) in [6, 6.07) is 0. The van der Waals surface area contributed by atoms with E-state index in [1.54, 1.807) is 6.92 Å². The second-order valence-corrected chi connectivity index (χ2v) is 5.29. The molecule has 17 heavy (non-hydrogen) atoms. The summed E-state index contributed by atoms with van der Waals surface area (Å²) in [6.45, 7) is 2.59. The highest BCUT2D eigenvalue weighted by Crippen LogP contribution is 2.48. The number of aromatic amines is 1. The van der Waals surface area contributed by atoms with E-state index in [0.29, 0.717) is 11.7 Å². The van der Waals surface area contributed by atoms with Gasteiger partial charge in [0.2, 0.25) is 5.82 Å². The molecule has 0 aromatic carbocycles. The van der Waals surface area contributed by atoms with Gasteiger partial charge in [-0.3, -0.25) is 9.89 Å². The molecule has 0 unspecified atom stereocenters. The van der Waals surface area contributed by atoms with Gasteiger partial charge in [-0.2, -0.15) is 0 Å². The number of aryl methyl sites for hydroxylation is 1. The first-order valence-electron chi connectivity index (χ1n) is 6.41. The van der Waals surface area contributed by atoms with E-state index in [2.05, 4.69) is 20.5 Å². The van der Waals surface area contributed by atoms with Crippen molar-refractivity contribution in [3.63, 3.8) is 0 Å². The molecule has 2 N–H and O–H groups in total. The Hall–Kier alpha value is -1.39. The van der Waals surface area contributed by atoms with Gasteiger partial charge < -0.3 is 5.32 Å². The maximum atomic E-state index is 11.8. The van der Waals surface area contributed by atoms with Gasteiger partial charge in [-0.1, -0.05) is 0 Å². The average Bonchev–Trinajstić information content (AvgIpc) is 3.20. The van der Waals surface area contributed by atoms with Crippen molar-refractivity contribution in [2.24, 2.45) is 17.8 Å². The lowest BCUT2D eigenvalue weighted by atomic mass is 9.98. The standard InChI is InChI=1S/C12H18N4O/c1-7-14-11(16-15-7)12(17)13-6-10(8-2-3-8)9-4-5-9/h8-10H,2-6H2,1H3,(H,13,17)(H,14,15,16). The lowest BCUT2D eigenvalue weighted by Crippen LogP contribution is -2.31. The normalized spacial score (nSPS) is 19.6. The second-order valence-electron chi connectivity index (χ2n) is 5.29. The lowest BCUT2D eigenvalue weighted by Gasteiger charge is -2.15. The first kappa shape index (κ1) is 10.7. The molecular weight excluding hydrogens is 216 g/mol. The van der Waals surface area contributed by atoms with Crippen molar-refractivity contribution in [1.29, 1.82) is 0 Å². The van der Waals surface area contributed by atoms with Crippen LogP contribution in [0.3, 0.4) is 0 Å². The first-order valence-corrected chi connectivity index (χ1v) is 6.41. The zero-order valence-corrected chi connectivity index (χ0v) is 10.1. The Morgan fingerprint density at radius 3 is 2.53 bits per heavy atom. The maximum absolute atomic E-state index is 11.8. The molecule has 0 radical (unpaired) electrons. The summed E-state index contributed by atoms with van der Waals surface area (Å²) in [6.07, 6.45) is 5.38. The van der Waals surface area contributed by atoms with Crippen molar-refractivity contribution in [2.75, 3.05) is 6.54 Å². The maximum Gasteiger partial charge on any atom is 0.290 e. The Labute approximate surface area is 100 Å². The minimum atomic E-state index is -0.152. The Morgan fingerprint density at radius 2 is 2.06 bits per heavy atom. The number of hydrogen-bond acceptors (Lipinski definition) is 3. The van der Waals surface area contributed by atoms with Gasteiger partial charge in [-0.25, -0.2) is 4.98 Å². The van der Waals surface area contributed by atoms with Gasteiger partial charge in [0.1, 0.15) is 5.82 Å². The van der Waals surface area contributed by atoms with Crippen molar-refractivity contribution in [3.05, 3.63) is 11.6 Å². The monoisotopic (exact) mass is 234 g/mol. The molecule has 3 rings (SSSR count). The number of nitrogens with zero attached hydrogens (tertiary/aromatic N) is 2. The number of hydrogen-bond donors (Lipinski definition) is 2. The van der Waals surface area contributed by atoms with Crippen LogP contribution in [0.1, 0.15) is 42.1 Å². The fourth-order valence-corrected chi connectivity index (χ4v) is 2.50. The minimum absolute atomic E-state index is 0.152. The van der Waals surface area contributed by atoms with Crippen molar-refractivity contribution in [3.8, 4) is 0 Å². The van der Waals surface area contributed by atoms with Crippen LogP contribution in [0.5, 0.6) is 0 Å².